The van der Waals surface area contributed by atoms with E-state index in [1.807, 2.05) is 0 Å². The van der Waals surface area contributed by atoms with E-state index in [2.05, 4.69) is 0 Å². The van der Waals surface area contributed by atoms with Crippen molar-refractivity contribution in [2.24, 2.45) is 0 Å². The van der Waals surface area contributed by atoms with E-state index >= 15 is 0 Å². The normalized spacial score (nSPS) is 12.2. The van der Waals surface area contributed by atoms with E-state index in [0.717, 1.165) is 12.1 Å². The molecule has 0 heterocycles. The highest BCUT2D eigenvalue weighted by Gasteiger charge is 2.15. The van der Waals surface area contributed by atoms with Crippen molar-refractivity contribution in [3.8, 4) is 23.0 Å². The molecule has 2 aromatic carbocycles. The Balaban J connectivity index is 2.15. The molecule has 0 aromatic heterocycles. The smallest absolute Gasteiger partial charge is 0.194 e. The summed E-state index contributed by atoms with van der Waals surface area (Å²) in [6.07, 6.45) is 0.453. The first-order chi connectivity index (χ1) is 10.8. The highest BCUT2D eigenvalue weighted by atomic mass is 19.1. The van der Waals surface area contributed by atoms with Crippen LogP contribution < -0.4 is 4.74 Å². The number of benzene rings is 2. The molecule has 0 saturated carbocycles. The van der Waals surface area contributed by atoms with E-state index < -0.39 is 23.1 Å². The van der Waals surface area contributed by atoms with Crippen molar-refractivity contribution < 1.29 is 28.8 Å². The van der Waals surface area contributed by atoms with Crippen LogP contribution in [0.4, 0.5) is 8.78 Å². The van der Waals surface area contributed by atoms with Gasteiger partial charge in [-0.15, -0.1) is 0 Å². The number of aromatic hydroxyl groups is 3. The largest absolute Gasteiger partial charge is 0.504 e. The summed E-state index contributed by atoms with van der Waals surface area (Å²) in [5.41, 5.74) is 0.842. The monoisotopic (exact) mass is 324 g/mol. The van der Waals surface area contributed by atoms with E-state index in [0.29, 0.717) is 17.5 Å². The van der Waals surface area contributed by atoms with Gasteiger partial charge in [0.2, 0.25) is 0 Å². The molecule has 1 unspecified atom stereocenters. The molecule has 4 nitrogen and oxygen atoms in total. The van der Waals surface area contributed by atoms with Gasteiger partial charge >= 0.3 is 0 Å². The zero-order valence-corrected chi connectivity index (χ0v) is 12.8. The number of hydrogen-bond acceptors (Lipinski definition) is 4. The van der Waals surface area contributed by atoms with E-state index in [4.69, 9.17) is 4.74 Å². The van der Waals surface area contributed by atoms with Gasteiger partial charge in [0, 0.05) is 12.0 Å². The molecule has 0 bridgehead atoms. The van der Waals surface area contributed by atoms with Crippen LogP contribution in [0.2, 0.25) is 0 Å². The van der Waals surface area contributed by atoms with E-state index in [1.54, 1.807) is 13.8 Å². The maximum Gasteiger partial charge on any atom is 0.194 e. The number of ether oxygens (including phenoxy) is 1. The summed E-state index contributed by atoms with van der Waals surface area (Å²) >= 11 is 0. The van der Waals surface area contributed by atoms with Crippen molar-refractivity contribution in [3.05, 3.63) is 47.0 Å². The molecule has 124 valence electrons. The summed E-state index contributed by atoms with van der Waals surface area (Å²) in [5.74, 6) is -3.29. The molecule has 0 aliphatic heterocycles. The molecule has 0 aliphatic rings. The average Bonchev–Trinajstić information content (AvgIpc) is 2.51. The minimum absolute atomic E-state index is 0.0754. The van der Waals surface area contributed by atoms with Crippen LogP contribution in [0.15, 0.2) is 24.3 Å². The Morgan fingerprint density at radius 1 is 1.00 bits per heavy atom. The van der Waals surface area contributed by atoms with E-state index in [-0.39, 0.29) is 24.0 Å². The molecule has 0 radical (unpaired) electrons. The van der Waals surface area contributed by atoms with Crippen LogP contribution in [0.1, 0.15) is 30.9 Å². The van der Waals surface area contributed by atoms with Gasteiger partial charge in [-0.05, 0) is 35.7 Å². The Morgan fingerprint density at radius 3 is 2.30 bits per heavy atom. The molecule has 0 saturated heterocycles. The third-order valence-electron chi connectivity index (χ3n) is 3.63. The molecule has 0 aliphatic carbocycles. The fourth-order valence-electron chi connectivity index (χ4n) is 2.17. The standard InChI is InChI=1S/C17H18F2O4/c1-3-10-6-16(14(20)7-12(10)18)23-8-9(2)11-4-13(19)17(22)15(21)5-11/h4-7,9,20-22H,3,8H2,1-2H3. The lowest BCUT2D eigenvalue weighted by Crippen LogP contribution is -2.08. The molecule has 2 rings (SSSR count). The minimum Gasteiger partial charge on any atom is -0.504 e. The number of rotatable bonds is 5. The maximum absolute atomic E-state index is 13.5. The minimum atomic E-state index is -0.926. The van der Waals surface area contributed by atoms with Crippen LogP contribution >= 0.6 is 0 Å². The topological polar surface area (TPSA) is 69.9 Å². The van der Waals surface area contributed by atoms with Crippen LogP contribution in [0.25, 0.3) is 0 Å². The lowest BCUT2D eigenvalue weighted by molar-refractivity contribution is 0.279. The average molecular weight is 324 g/mol. The highest BCUT2D eigenvalue weighted by molar-refractivity contribution is 5.44. The van der Waals surface area contributed by atoms with E-state index in [1.165, 1.54) is 12.1 Å². The predicted octanol–water partition coefficient (Wildman–Crippen LogP) is 3.83. The molecular formula is C17H18F2O4. The van der Waals surface area contributed by atoms with Crippen LogP contribution in [0.5, 0.6) is 23.0 Å². The van der Waals surface area contributed by atoms with Crippen molar-refractivity contribution in [1.29, 1.82) is 0 Å². The third-order valence-corrected chi connectivity index (χ3v) is 3.63. The first-order valence-corrected chi connectivity index (χ1v) is 7.19. The van der Waals surface area contributed by atoms with Crippen LogP contribution in [-0.4, -0.2) is 21.9 Å². The molecule has 0 fully saturated rings. The first kappa shape index (κ1) is 16.9. The van der Waals surface area contributed by atoms with Gasteiger partial charge in [-0.1, -0.05) is 13.8 Å². The lowest BCUT2D eigenvalue weighted by Gasteiger charge is -2.16. The second kappa shape index (κ2) is 6.73. The third kappa shape index (κ3) is 3.64. The Labute approximate surface area is 132 Å². The number of hydrogen-bond donors (Lipinski definition) is 3. The first-order valence-electron chi connectivity index (χ1n) is 7.19. The lowest BCUT2D eigenvalue weighted by atomic mass is 10.0. The van der Waals surface area contributed by atoms with Gasteiger partial charge < -0.3 is 20.1 Å². The summed E-state index contributed by atoms with van der Waals surface area (Å²) < 4.78 is 32.4. The molecule has 0 spiro atoms. The van der Waals surface area contributed by atoms with Gasteiger partial charge in [-0.3, -0.25) is 0 Å². The Kier molecular flexibility index (Phi) is 4.93. The second-order valence-electron chi connectivity index (χ2n) is 5.35. The zero-order chi connectivity index (χ0) is 17.1. The Hall–Kier alpha value is -2.50. The summed E-state index contributed by atoms with van der Waals surface area (Å²) in [7, 11) is 0. The fourth-order valence-corrected chi connectivity index (χ4v) is 2.17. The van der Waals surface area contributed by atoms with Crippen molar-refractivity contribution >= 4 is 0 Å². The van der Waals surface area contributed by atoms with Gasteiger partial charge in [0.25, 0.3) is 0 Å². The highest BCUT2D eigenvalue weighted by Crippen LogP contribution is 2.33. The molecule has 23 heavy (non-hydrogen) atoms. The number of halogens is 2. The van der Waals surface area contributed by atoms with Gasteiger partial charge in [-0.2, -0.15) is 0 Å². The van der Waals surface area contributed by atoms with Crippen LogP contribution in [0.3, 0.4) is 0 Å². The number of phenols is 3. The molecule has 2 aromatic rings. The Morgan fingerprint density at radius 2 is 1.70 bits per heavy atom. The summed E-state index contributed by atoms with van der Waals surface area (Å²) in [6.45, 7) is 3.59. The van der Waals surface area contributed by atoms with Gasteiger partial charge in [0.15, 0.2) is 28.8 Å². The van der Waals surface area contributed by atoms with Crippen molar-refractivity contribution in [3.63, 3.8) is 0 Å². The van der Waals surface area contributed by atoms with Gasteiger partial charge in [-0.25, -0.2) is 8.78 Å². The van der Waals surface area contributed by atoms with Crippen LogP contribution in [0, 0.1) is 11.6 Å². The second-order valence-corrected chi connectivity index (χ2v) is 5.35. The summed E-state index contributed by atoms with van der Waals surface area (Å²) in [4.78, 5) is 0. The number of aryl methyl sites for hydroxylation is 1. The fraction of sp³-hybridized carbons (Fsp3) is 0.294. The molecular weight excluding hydrogens is 306 g/mol. The molecule has 3 N–H and O–H groups in total. The quantitative estimate of drug-likeness (QED) is 0.731. The van der Waals surface area contributed by atoms with Crippen molar-refractivity contribution in [1.82, 2.24) is 0 Å². The van der Waals surface area contributed by atoms with Crippen molar-refractivity contribution in [2.75, 3.05) is 6.61 Å². The molecule has 6 heteroatoms. The van der Waals surface area contributed by atoms with E-state index in [9.17, 15) is 24.1 Å². The van der Waals surface area contributed by atoms with Gasteiger partial charge in [0.1, 0.15) is 5.82 Å². The maximum atomic E-state index is 13.5. The molecule has 0 amide bonds. The van der Waals surface area contributed by atoms with Crippen LogP contribution in [-0.2, 0) is 6.42 Å². The zero-order valence-electron chi connectivity index (χ0n) is 12.8. The number of phenolic OH excluding ortho intramolecular Hbond substituents is 3. The summed E-state index contributed by atoms with van der Waals surface area (Å²) in [5, 5.41) is 28.4. The summed E-state index contributed by atoms with van der Waals surface area (Å²) in [6, 6.07) is 4.76. The molecule has 1 atom stereocenters. The van der Waals surface area contributed by atoms with Gasteiger partial charge in [0.05, 0.1) is 6.61 Å². The van der Waals surface area contributed by atoms with Crippen molar-refractivity contribution in [2.45, 2.75) is 26.2 Å². The Bertz CT molecular complexity index is 693. The SMILES string of the molecule is CCc1cc(OCC(C)c2cc(O)c(O)c(F)c2)c(O)cc1F. The predicted molar refractivity (Wildman–Crippen MR) is 81.1 cm³/mol.